The first kappa shape index (κ1) is 12.8. The van der Waals surface area contributed by atoms with E-state index in [0.717, 1.165) is 31.2 Å². The van der Waals surface area contributed by atoms with Crippen LogP contribution in [0.4, 0.5) is 4.39 Å². The van der Waals surface area contributed by atoms with Crippen molar-refractivity contribution in [1.82, 2.24) is 0 Å². The highest BCUT2D eigenvalue weighted by Gasteiger charge is 2.33. The van der Waals surface area contributed by atoms with Crippen LogP contribution in [0.5, 0.6) is 5.75 Å². The maximum absolute atomic E-state index is 13.6. The van der Waals surface area contributed by atoms with E-state index in [9.17, 15) is 9.50 Å². The Morgan fingerprint density at radius 3 is 2.47 bits per heavy atom. The van der Waals surface area contributed by atoms with Crippen LogP contribution in [0.1, 0.15) is 37.7 Å². The minimum absolute atomic E-state index is 0.116. The Balaban J connectivity index is 2.43. The monoisotopic (exact) mass is 301 g/mol. The summed E-state index contributed by atoms with van der Waals surface area (Å²) in [4.78, 5) is 0. The number of phenolic OH excluding ortho intramolecular Hbond substituents is 1. The minimum atomic E-state index is -0.576. The predicted molar refractivity (Wildman–Crippen MR) is 69.6 cm³/mol. The van der Waals surface area contributed by atoms with Crippen molar-refractivity contribution >= 4 is 15.9 Å². The topological polar surface area (TPSA) is 46.2 Å². The predicted octanol–water partition coefficient (Wildman–Crippen LogP) is 3.45. The van der Waals surface area contributed by atoms with Crippen LogP contribution in [-0.2, 0) is 5.41 Å². The van der Waals surface area contributed by atoms with Gasteiger partial charge in [-0.2, -0.15) is 0 Å². The van der Waals surface area contributed by atoms with Crippen molar-refractivity contribution in [2.24, 2.45) is 5.73 Å². The molecule has 0 amide bonds. The normalized spacial score (nSPS) is 19.2. The van der Waals surface area contributed by atoms with Gasteiger partial charge in [-0.15, -0.1) is 0 Å². The number of phenols is 1. The number of halogens is 2. The lowest BCUT2D eigenvalue weighted by Gasteiger charge is -2.37. The average Bonchev–Trinajstić information content (AvgIpc) is 2.36. The van der Waals surface area contributed by atoms with Crippen LogP contribution in [0.15, 0.2) is 16.6 Å². The summed E-state index contributed by atoms with van der Waals surface area (Å²) < 4.78 is 14.0. The van der Waals surface area contributed by atoms with Gasteiger partial charge in [0.2, 0.25) is 0 Å². The molecule has 0 heterocycles. The van der Waals surface area contributed by atoms with Gasteiger partial charge in [-0.05, 0) is 46.5 Å². The lowest BCUT2D eigenvalue weighted by molar-refractivity contribution is 0.299. The highest BCUT2D eigenvalue weighted by Crippen LogP contribution is 2.41. The van der Waals surface area contributed by atoms with E-state index in [4.69, 9.17) is 5.73 Å². The van der Waals surface area contributed by atoms with Gasteiger partial charge in [0, 0.05) is 12.0 Å². The van der Waals surface area contributed by atoms with Crippen LogP contribution in [0.25, 0.3) is 0 Å². The van der Waals surface area contributed by atoms with E-state index in [1.54, 1.807) is 6.07 Å². The summed E-state index contributed by atoms with van der Waals surface area (Å²) in [5.41, 5.74) is 6.70. The molecule has 1 aromatic carbocycles. The standard InChI is InChI=1S/C13H17BrFNO/c14-10-6-9(7-11(15)12(10)17)13(8-16)4-2-1-3-5-13/h6-7,17H,1-5,8,16H2. The summed E-state index contributed by atoms with van der Waals surface area (Å²) in [6.07, 6.45) is 5.50. The van der Waals surface area contributed by atoms with E-state index >= 15 is 0 Å². The molecule has 1 fully saturated rings. The minimum Gasteiger partial charge on any atom is -0.504 e. The second-order valence-electron chi connectivity index (χ2n) is 4.83. The Bertz CT molecular complexity index is 393. The molecule has 2 nitrogen and oxygen atoms in total. The van der Waals surface area contributed by atoms with E-state index in [2.05, 4.69) is 15.9 Å². The summed E-state index contributed by atoms with van der Waals surface area (Å²) in [6.45, 7) is 0.531. The molecular formula is C13H17BrFNO. The molecule has 0 unspecified atom stereocenters. The van der Waals surface area contributed by atoms with Gasteiger partial charge >= 0.3 is 0 Å². The van der Waals surface area contributed by atoms with Gasteiger partial charge in [-0.1, -0.05) is 19.3 Å². The number of rotatable bonds is 2. The van der Waals surface area contributed by atoms with Gasteiger partial charge in [0.25, 0.3) is 0 Å². The molecule has 0 aromatic heterocycles. The van der Waals surface area contributed by atoms with Crippen molar-refractivity contribution in [3.05, 3.63) is 28.0 Å². The number of hydrogen-bond donors (Lipinski definition) is 2. The third-order valence-electron chi connectivity index (χ3n) is 3.83. The highest BCUT2D eigenvalue weighted by molar-refractivity contribution is 9.10. The highest BCUT2D eigenvalue weighted by atomic mass is 79.9. The van der Waals surface area contributed by atoms with E-state index in [-0.39, 0.29) is 11.2 Å². The summed E-state index contributed by atoms with van der Waals surface area (Å²) >= 11 is 3.19. The lowest BCUT2D eigenvalue weighted by Crippen LogP contribution is -2.37. The first-order valence-corrected chi connectivity index (χ1v) is 6.77. The summed E-state index contributed by atoms with van der Waals surface area (Å²) in [6, 6.07) is 3.23. The third-order valence-corrected chi connectivity index (χ3v) is 4.44. The summed E-state index contributed by atoms with van der Waals surface area (Å²) in [5, 5.41) is 9.43. The van der Waals surface area contributed by atoms with Crippen molar-refractivity contribution < 1.29 is 9.50 Å². The van der Waals surface area contributed by atoms with Gasteiger partial charge in [0.1, 0.15) is 0 Å². The molecule has 17 heavy (non-hydrogen) atoms. The van der Waals surface area contributed by atoms with Crippen molar-refractivity contribution in [3.8, 4) is 5.75 Å². The Kier molecular flexibility index (Phi) is 3.73. The van der Waals surface area contributed by atoms with Crippen molar-refractivity contribution in [3.63, 3.8) is 0 Å². The zero-order valence-corrected chi connectivity index (χ0v) is 11.3. The Hall–Kier alpha value is -0.610. The van der Waals surface area contributed by atoms with Gasteiger partial charge < -0.3 is 10.8 Å². The number of benzene rings is 1. The first-order valence-electron chi connectivity index (χ1n) is 5.98. The largest absolute Gasteiger partial charge is 0.504 e. The molecule has 1 saturated carbocycles. The molecule has 3 N–H and O–H groups in total. The van der Waals surface area contributed by atoms with Crippen LogP contribution in [0.3, 0.4) is 0 Å². The van der Waals surface area contributed by atoms with Gasteiger partial charge in [0.15, 0.2) is 11.6 Å². The average molecular weight is 302 g/mol. The second kappa shape index (κ2) is 4.94. The molecular weight excluding hydrogens is 285 g/mol. The van der Waals surface area contributed by atoms with Crippen molar-refractivity contribution in [2.75, 3.05) is 6.54 Å². The molecule has 1 aliphatic rings. The van der Waals surface area contributed by atoms with Crippen LogP contribution < -0.4 is 5.73 Å². The fourth-order valence-electron chi connectivity index (χ4n) is 2.71. The second-order valence-corrected chi connectivity index (χ2v) is 5.69. The summed E-state index contributed by atoms with van der Waals surface area (Å²) in [5.74, 6) is -0.899. The number of nitrogens with two attached hydrogens (primary N) is 1. The molecule has 2 rings (SSSR count). The van der Waals surface area contributed by atoms with Crippen molar-refractivity contribution in [1.29, 1.82) is 0 Å². The van der Waals surface area contributed by atoms with Crippen LogP contribution >= 0.6 is 15.9 Å². The van der Waals surface area contributed by atoms with Crippen LogP contribution in [0, 0.1) is 5.82 Å². The van der Waals surface area contributed by atoms with Gasteiger partial charge in [-0.25, -0.2) is 4.39 Å². The number of hydrogen-bond acceptors (Lipinski definition) is 2. The molecule has 0 spiro atoms. The molecule has 0 saturated heterocycles. The third kappa shape index (κ3) is 2.33. The molecule has 1 aliphatic carbocycles. The fraction of sp³-hybridized carbons (Fsp3) is 0.538. The first-order chi connectivity index (χ1) is 8.09. The van der Waals surface area contributed by atoms with E-state index in [1.165, 1.54) is 12.5 Å². The van der Waals surface area contributed by atoms with Crippen LogP contribution in [-0.4, -0.2) is 11.7 Å². The van der Waals surface area contributed by atoms with Gasteiger partial charge in [0.05, 0.1) is 4.47 Å². The van der Waals surface area contributed by atoms with E-state index < -0.39 is 5.82 Å². The maximum atomic E-state index is 13.6. The van der Waals surface area contributed by atoms with Gasteiger partial charge in [-0.3, -0.25) is 0 Å². The van der Waals surface area contributed by atoms with Crippen molar-refractivity contribution in [2.45, 2.75) is 37.5 Å². The molecule has 0 bridgehead atoms. The zero-order chi connectivity index (χ0) is 12.5. The molecule has 0 aliphatic heterocycles. The molecule has 1 aromatic rings. The quantitative estimate of drug-likeness (QED) is 0.879. The molecule has 4 heteroatoms. The Morgan fingerprint density at radius 1 is 1.29 bits per heavy atom. The summed E-state index contributed by atoms with van der Waals surface area (Å²) in [7, 11) is 0. The smallest absolute Gasteiger partial charge is 0.166 e. The zero-order valence-electron chi connectivity index (χ0n) is 9.68. The maximum Gasteiger partial charge on any atom is 0.166 e. The molecule has 0 atom stereocenters. The molecule has 0 radical (unpaired) electrons. The fourth-order valence-corrected chi connectivity index (χ4v) is 3.15. The molecule has 94 valence electrons. The Labute approximate surface area is 109 Å². The lowest BCUT2D eigenvalue weighted by atomic mass is 9.69. The van der Waals surface area contributed by atoms with E-state index in [0.29, 0.717) is 11.0 Å². The number of aromatic hydroxyl groups is 1. The Morgan fingerprint density at radius 2 is 1.94 bits per heavy atom. The van der Waals surface area contributed by atoms with Crippen LogP contribution in [0.2, 0.25) is 0 Å². The SMILES string of the molecule is NCC1(c2cc(F)c(O)c(Br)c2)CCCCC1. The van der Waals surface area contributed by atoms with E-state index in [1.807, 2.05) is 0 Å².